The Morgan fingerprint density at radius 3 is 2.33 bits per heavy atom. The Morgan fingerprint density at radius 2 is 1.73 bits per heavy atom. The molecule has 3 rings (SSSR count). The van der Waals surface area contributed by atoms with E-state index in [4.69, 9.17) is 0 Å². The fraction of sp³-hybridized carbons (Fsp3) is 0.409. The minimum absolute atomic E-state index is 0.145. The van der Waals surface area contributed by atoms with E-state index in [-0.39, 0.29) is 11.7 Å². The molecule has 1 unspecified atom stereocenters. The van der Waals surface area contributed by atoms with E-state index in [1.807, 2.05) is 31.2 Å². The number of carbonyl (C=O) groups excluding carboxylic acids is 1. The van der Waals surface area contributed by atoms with Crippen LogP contribution in [0, 0.1) is 5.82 Å². The molecule has 2 aromatic rings. The topological polar surface area (TPSA) is 69.7 Å². The summed E-state index contributed by atoms with van der Waals surface area (Å²) >= 11 is 0. The van der Waals surface area contributed by atoms with Crippen molar-refractivity contribution >= 4 is 27.3 Å². The number of benzene rings is 2. The zero-order valence-electron chi connectivity index (χ0n) is 17.3. The van der Waals surface area contributed by atoms with Crippen molar-refractivity contribution in [2.24, 2.45) is 0 Å². The van der Waals surface area contributed by atoms with Crippen LogP contribution in [-0.4, -0.2) is 40.2 Å². The number of nitrogens with one attached hydrogen (secondary N) is 1. The molecule has 0 saturated carbocycles. The van der Waals surface area contributed by atoms with E-state index in [1.165, 1.54) is 43.1 Å². The number of amides is 1. The second kappa shape index (κ2) is 9.47. The SMILES string of the molecule is CC(NC(=O)CN(c1ccccc1F)S(C)(=O)=O)c1ccc(N2CCCCC2)cc1. The maximum Gasteiger partial charge on any atom is 0.241 e. The van der Waals surface area contributed by atoms with Gasteiger partial charge >= 0.3 is 0 Å². The van der Waals surface area contributed by atoms with Gasteiger partial charge in [0.1, 0.15) is 12.4 Å². The molecule has 0 radical (unpaired) electrons. The number of hydrogen-bond acceptors (Lipinski definition) is 4. The van der Waals surface area contributed by atoms with Crippen LogP contribution < -0.4 is 14.5 Å². The first-order chi connectivity index (χ1) is 14.3. The van der Waals surface area contributed by atoms with Crippen LogP contribution in [0.3, 0.4) is 0 Å². The first kappa shape index (κ1) is 22.1. The van der Waals surface area contributed by atoms with Gasteiger partial charge in [0.15, 0.2) is 0 Å². The molecule has 162 valence electrons. The van der Waals surface area contributed by atoms with Gasteiger partial charge in [-0.3, -0.25) is 9.10 Å². The van der Waals surface area contributed by atoms with Gasteiger partial charge in [-0.05, 0) is 56.0 Å². The molecule has 1 aliphatic heterocycles. The standard InChI is InChI=1S/C22H28FN3O3S/c1-17(18-10-12-19(13-11-18)25-14-6-3-7-15-25)24-22(27)16-26(30(2,28)29)21-9-5-4-8-20(21)23/h4-5,8-13,17H,3,6-7,14-16H2,1-2H3,(H,24,27). The first-order valence-corrected chi connectivity index (χ1v) is 12.0. The van der Waals surface area contributed by atoms with Crippen LogP contribution in [0.2, 0.25) is 0 Å². The summed E-state index contributed by atoms with van der Waals surface area (Å²) in [7, 11) is -3.83. The van der Waals surface area contributed by atoms with Gasteiger partial charge in [0.2, 0.25) is 15.9 Å². The van der Waals surface area contributed by atoms with Crippen molar-refractivity contribution in [3.63, 3.8) is 0 Å². The molecule has 0 spiro atoms. The van der Waals surface area contributed by atoms with Gasteiger partial charge in [-0.1, -0.05) is 24.3 Å². The quantitative estimate of drug-likeness (QED) is 0.726. The number of piperidine rings is 1. The second-order valence-corrected chi connectivity index (χ2v) is 9.56. The molecule has 1 fully saturated rings. The molecule has 2 aromatic carbocycles. The highest BCUT2D eigenvalue weighted by Gasteiger charge is 2.24. The van der Waals surface area contributed by atoms with Gasteiger partial charge in [0.25, 0.3) is 0 Å². The van der Waals surface area contributed by atoms with Crippen LogP contribution >= 0.6 is 0 Å². The number of halogens is 1. The number of sulfonamides is 1. The largest absolute Gasteiger partial charge is 0.372 e. The van der Waals surface area contributed by atoms with Crippen molar-refractivity contribution in [2.45, 2.75) is 32.2 Å². The van der Waals surface area contributed by atoms with Crippen molar-refractivity contribution in [1.82, 2.24) is 5.32 Å². The lowest BCUT2D eigenvalue weighted by atomic mass is 10.1. The van der Waals surface area contributed by atoms with E-state index in [0.717, 1.165) is 35.3 Å². The van der Waals surface area contributed by atoms with Crippen molar-refractivity contribution in [1.29, 1.82) is 0 Å². The molecule has 0 aliphatic carbocycles. The molecule has 1 N–H and O–H groups in total. The van der Waals surface area contributed by atoms with Gasteiger partial charge in [0, 0.05) is 18.8 Å². The molecule has 8 heteroatoms. The highest BCUT2D eigenvalue weighted by Crippen LogP contribution is 2.23. The Bertz CT molecular complexity index is 973. The van der Waals surface area contributed by atoms with Crippen molar-refractivity contribution in [2.75, 3.05) is 35.1 Å². The molecular weight excluding hydrogens is 405 g/mol. The highest BCUT2D eigenvalue weighted by molar-refractivity contribution is 7.92. The van der Waals surface area contributed by atoms with E-state index in [0.29, 0.717) is 0 Å². The smallest absolute Gasteiger partial charge is 0.241 e. The summed E-state index contributed by atoms with van der Waals surface area (Å²) in [6.45, 7) is 3.46. The Hall–Kier alpha value is -2.61. The van der Waals surface area contributed by atoms with E-state index in [9.17, 15) is 17.6 Å². The molecule has 0 bridgehead atoms. The van der Waals surface area contributed by atoms with E-state index < -0.39 is 28.3 Å². The van der Waals surface area contributed by atoms with Gasteiger partial charge in [-0.15, -0.1) is 0 Å². The number of hydrogen-bond donors (Lipinski definition) is 1. The predicted octanol–water partition coefficient (Wildman–Crippen LogP) is 3.46. The third-order valence-corrected chi connectivity index (χ3v) is 6.43. The molecule has 0 aromatic heterocycles. The molecule has 30 heavy (non-hydrogen) atoms. The van der Waals surface area contributed by atoms with Crippen molar-refractivity contribution < 1.29 is 17.6 Å². The average molecular weight is 434 g/mol. The summed E-state index contributed by atoms with van der Waals surface area (Å²) in [6, 6.07) is 13.2. The Morgan fingerprint density at radius 1 is 1.10 bits per heavy atom. The van der Waals surface area contributed by atoms with E-state index >= 15 is 0 Å². The summed E-state index contributed by atoms with van der Waals surface area (Å²) in [5.74, 6) is -1.20. The molecule has 6 nitrogen and oxygen atoms in total. The number of anilines is 2. The van der Waals surface area contributed by atoms with E-state index in [1.54, 1.807) is 0 Å². The third-order valence-electron chi connectivity index (χ3n) is 5.30. The van der Waals surface area contributed by atoms with Crippen LogP contribution in [0.25, 0.3) is 0 Å². The predicted molar refractivity (Wildman–Crippen MR) is 118 cm³/mol. The van der Waals surface area contributed by atoms with Crippen LogP contribution in [0.1, 0.15) is 37.8 Å². The number of rotatable bonds is 7. The van der Waals surface area contributed by atoms with Gasteiger partial charge in [-0.2, -0.15) is 0 Å². The second-order valence-electron chi connectivity index (χ2n) is 7.65. The number of para-hydroxylation sites is 1. The summed E-state index contributed by atoms with van der Waals surface area (Å²) in [6.07, 6.45) is 4.63. The third kappa shape index (κ3) is 5.50. The molecule has 1 saturated heterocycles. The monoisotopic (exact) mass is 433 g/mol. The Balaban J connectivity index is 1.66. The lowest BCUT2D eigenvalue weighted by molar-refractivity contribution is -0.120. The molecule has 1 aliphatic rings. The maximum atomic E-state index is 14.1. The van der Waals surface area contributed by atoms with Crippen LogP contribution in [0.15, 0.2) is 48.5 Å². The normalized spacial score (nSPS) is 15.5. The maximum absolute atomic E-state index is 14.1. The lowest BCUT2D eigenvalue weighted by Crippen LogP contribution is -2.41. The van der Waals surface area contributed by atoms with Crippen LogP contribution in [0.5, 0.6) is 0 Å². The number of nitrogens with zero attached hydrogens (tertiary/aromatic N) is 2. The van der Waals surface area contributed by atoms with Crippen LogP contribution in [-0.2, 0) is 14.8 Å². The summed E-state index contributed by atoms with van der Waals surface area (Å²) in [4.78, 5) is 14.9. The van der Waals surface area contributed by atoms with Crippen LogP contribution in [0.4, 0.5) is 15.8 Å². The fourth-order valence-corrected chi connectivity index (χ4v) is 4.52. The first-order valence-electron chi connectivity index (χ1n) is 10.1. The fourth-order valence-electron chi connectivity index (χ4n) is 3.66. The van der Waals surface area contributed by atoms with Crippen molar-refractivity contribution in [3.8, 4) is 0 Å². The van der Waals surface area contributed by atoms with Gasteiger partial charge < -0.3 is 10.2 Å². The van der Waals surface area contributed by atoms with E-state index in [2.05, 4.69) is 10.2 Å². The van der Waals surface area contributed by atoms with Gasteiger partial charge in [-0.25, -0.2) is 12.8 Å². The summed E-state index contributed by atoms with van der Waals surface area (Å²) in [5, 5.41) is 2.81. The molecule has 1 atom stereocenters. The zero-order chi connectivity index (χ0) is 21.7. The summed E-state index contributed by atoms with van der Waals surface area (Å²) in [5.41, 5.74) is 1.94. The Labute approximate surface area is 177 Å². The molecule has 1 amide bonds. The number of carbonyl (C=O) groups is 1. The lowest BCUT2D eigenvalue weighted by Gasteiger charge is -2.29. The average Bonchev–Trinajstić information content (AvgIpc) is 2.72. The van der Waals surface area contributed by atoms with Crippen molar-refractivity contribution in [3.05, 3.63) is 59.9 Å². The minimum atomic E-state index is -3.83. The molecular formula is C22H28FN3O3S. The zero-order valence-corrected chi connectivity index (χ0v) is 18.2. The Kier molecular flexibility index (Phi) is 6.97. The minimum Gasteiger partial charge on any atom is -0.372 e. The van der Waals surface area contributed by atoms with Gasteiger partial charge in [0.05, 0.1) is 18.0 Å². The summed E-state index contributed by atoms with van der Waals surface area (Å²) < 4.78 is 39.2. The molecule has 1 heterocycles. The highest BCUT2D eigenvalue weighted by atomic mass is 32.2.